The molecule has 1 N–H and O–H groups in total. The van der Waals surface area contributed by atoms with E-state index in [4.69, 9.17) is 0 Å². The molecule has 1 saturated carbocycles. The van der Waals surface area contributed by atoms with E-state index in [0.717, 1.165) is 18.2 Å². The minimum absolute atomic E-state index is 0.190. The summed E-state index contributed by atoms with van der Waals surface area (Å²) in [5.74, 6) is 0.564. The van der Waals surface area contributed by atoms with Gasteiger partial charge in [0.25, 0.3) is 0 Å². The first-order chi connectivity index (χ1) is 9.16. The number of fused-ring (bicyclic) bond motifs is 1. The van der Waals surface area contributed by atoms with Crippen molar-refractivity contribution in [2.75, 3.05) is 11.4 Å². The van der Waals surface area contributed by atoms with Crippen LogP contribution in [-0.4, -0.2) is 17.7 Å². The van der Waals surface area contributed by atoms with Gasteiger partial charge in [-0.3, -0.25) is 0 Å². The molecule has 2 nitrogen and oxygen atoms in total. The molecule has 1 saturated heterocycles. The zero-order chi connectivity index (χ0) is 13.4. The molecule has 0 spiro atoms. The summed E-state index contributed by atoms with van der Waals surface area (Å²) in [5, 5.41) is 9.51. The minimum Gasteiger partial charge on any atom is -0.389 e. The van der Waals surface area contributed by atoms with Gasteiger partial charge in [-0.15, -0.1) is 0 Å². The van der Waals surface area contributed by atoms with Crippen molar-refractivity contribution in [3.63, 3.8) is 0 Å². The molecule has 3 heteroatoms. The third-order valence-corrected chi connectivity index (χ3v) is 4.77. The summed E-state index contributed by atoms with van der Waals surface area (Å²) in [6.07, 6.45) is 5.69. The highest BCUT2D eigenvalue weighted by molar-refractivity contribution is 5.51. The Hall–Kier alpha value is -1.09. The van der Waals surface area contributed by atoms with Gasteiger partial charge in [0.1, 0.15) is 5.82 Å². The molecule has 2 aliphatic rings. The van der Waals surface area contributed by atoms with E-state index in [1.165, 1.54) is 38.2 Å². The van der Waals surface area contributed by atoms with E-state index in [0.29, 0.717) is 11.6 Å². The van der Waals surface area contributed by atoms with Crippen molar-refractivity contribution < 1.29 is 9.50 Å². The predicted octanol–water partition coefficient (Wildman–Crippen LogP) is 3.65. The Morgan fingerprint density at radius 1 is 1.26 bits per heavy atom. The summed E-state index contributed by atoms with van der Waals surface area (Å²) in [4.78, 5) is 2.25. The van der Waals surface area contributed by atoms with E-state index in [1.807, 2.05) is 12.1 Å². The van der Waals surface area contributed by atoms with E-state index in [-0.39, 0.29) is 5.82 Å². The Morgan fingerprint density at radius 2 is 2.05 bits per heavy atom. The molecule has 0 radical (unpaired) electrons. The Bertz CT molecular complexity index is 460. The molecule has 104 valence electrons. The zero-order valence-electron chi connectivity index (χ0n) is 11.5. The van der Waals surface area contributed by atoms with Gasteiger partial charge >= 0.3 is 0 Å². The minimum atomic E-state index is -0.607. The molecule has 2 fully saturated rings. The van der Waals surface area contributed by atoms with Crippen molar-refractivity contribution in [3.8, 4) is 0 Å². The number of halogens is 1. The smallest absolute Gasteiger partial charge is 0.146 e. The third-order valence-electron chi connectivity index (χ3n) is 4.77. The highest BCUT2D eigenvalue weighted by atomic mass is 19.1. The van der Waals surface area contributed by atoms with Gasteiger partial charge in [-0.1, -0.05) is 18.9 Å². The largest absolute Gasteiger partial charge is 0.389 e. The molecule has 0 aromatic heterocycles. The van der Waals surface area contributed by atoms with Crippen LogP contribution in [0.1, 0.15) is 50.7 Å². The number of benzene rings is 1. The molecule has 1 aromatic rings. The molecule has 3 atom stereocenters. The molecule has 1 aliphatic heterocycles. The van der Waals surface area contributed by atoms with Crippen molar-refractivity contribution in [2.24, 2.45) is 5.92 Å². The summed E-state index contributed by atoms with van der Waals surface area (Å²) in [6.45, 7) is 2.64. The number of aliphatic hydroxyl groups is 1. The van der Waals surface area contributed by atoms with Crippen LogP contribution in [0.3, 0.4) is 0 Å². The summed E-state index contributed by atoms with van der Waals surface area (Å²) < 4.78 is 14.3. The Morgan fingerprint density at radius 3 is 2.79 bits per heavy atom. The van der Waals surface area contributed by atoms with Gasteiger partial charge in [-0.05, 0) is 49.8 Å². The van der Waals surface area contributed by atoms with E-state index in [1.54, 1.807) is 6.92 Å². The molecule has 3 unspecified atom stereocenters. The molecule has 3 rings (SSSR count). The van der Waals surface area contributed by atoms with E-state index < -0.39 is 6.10 Å². The molecular weight excluding hydrogens is 241 g/mol. The standard InChI is InChI=1S/C16H22FNO/c1-11(19)13-6-7-16(14(17)10-13)18-9-8-12-4-2-3-5-15(12)18/h6-7,10-12,15,19H,2-5,8-9H2,1H3. The maximum Gasteiger partial charge on any atom is 0.146 e. The van der Waals surface area contributed by atoms with Gasteiger partial charge in [0.05, 0.1) is 11.8 Å². The fourth-order valence-electron chi connectivity index (χ4n) is 3.72. The topological polar surface area (TPSA) is 23.5 Å². The fourth-order valence-corrected chi connectivity index (χ4v) is 3.72. The average molecular weight is 263 g/mol. The van der Waals surface area contributed by atoms with Crippen LogP contribution in [0.4, 0.5) is 10.1 Å². The highest BCUT2D eigenvalue weighted by Gasteiger charge is 2.36. The van der Waals surface area contributed by atoms with Gasteiger partial charge in [0, 0.05) is 12.6 Å². The van der Waals surface area contributed by atoms with Crippen LogP contribution in [0.25, 0.3) is 0 Å². The van der Waals surface area contributed by atoms with Gasteiger partial charge in [0.2, 0.25) is 0 Å². The first kappa shape index (κ1) is 12.9. The average Bonchev–Trinajstić information content (AvgIpc) is 2.82. The van der Waals surface area contributed by atoms with E-state index in [2.05, 4.69) is 4.90 Å². The predicted molar refractivity (Wildman–Crippen MR) is 74.7 cm³/mol. The van der Waals surface area contributed by atoms with Crippen LogP contribution >= 0.6 is 0 Å². The van der Waals surface area contributed by atoms with E-state index >= 15 is 0 Å². The van der Waals surface area contributed by atoms with Crippen LogP contribution < -0.4 is 4.90 Å². The first-order valence-corrected chi connectivity index (χ1v) is 7.41. The lowest BCUT2D eigenvalue weighted by atomic mass is 9.85. The number of hydrogen-bond acceptors (Lipinski definition) is 2. The zero-order valence-corrected chi connectivity index (χ0v) is 11.5. The van der Waals surface area contributed by atoms with Crippen LogP contribution in [0, 0.1) is 11.7 Å². The highest BCUT2D eigenvalue weighted by Crippen LogP contribution is 2.39. The van der Waals surface area contributed by atoms with Crippen LogP contribution in [0.2, 0.25) is 0 Å². The molecule has 1 aliphatic carbocycles. The number of hydrogen-bond donors (Lipinski definition) is 1. The van der Waals surface area contributed by atoms with Gasteiger partial charge < -0.3 is 10.0 Å². The lowest BCUT2D eigenvalue weighted by Crippen LogP contribution is -2.35. The second-order valence-electron chi connectivity index (χ2n) is 5.98. The van der Waals surface area contributed by atoms with Crippen molar-refractivity contribution in [2.45, 2.75) is 51.2 Å². The summed E-state index contributed by atoms with van der Waals surface area (Å²) >= 11 is 0. The van der Waals surface area contributed by atoms with Crippen molar-refractivity contribution in [1.29, 1.82) is 0 Å². The number of nitrogens with zero attached hydrogens (tertiary/aromatic N) is 1. The van der Waals surface area contributed by atoms with Gasteiger partial charge in [0.15, 0.2) is 0 Å². The fraction of sp³-hybridized carbons (Fsp3) is 0.625. The maximum absolute atomic E-state index is 14.3. The van der Waals surface area contributed by atoms with Crippen LogP contribution in [0.15, 0.2) is 18.2 Å². The third kappa shape index (κ3) is 2.36. The summed E-state index contributed by atoms with van der Waals surface area (Å²) in [5.41, 5.74) is 1.37. The normalized spacial score (nSPS) is 28.3. The quantitative estimate of drug-likeness (QED) is 0.880. The van der Waals surface area contributed by atoms with Gasteiger partial charge in [-0.25, -0.2) is 4.39 Å². The molecular formula is C16H22FNO. The molecule has 0 amide bonds. The number of aliphatic hydroxyl groups excluding tert-OH is 1. The monoisotopic (exact) mass is 263 g/mol. The lowest BCUT2D eigenvalue weighted by molar-refractivity contribution is 0.199. The Kier molecular flexibility index (Phi) is 3.48. The summed E-state index contributed by atoms with van der Waals surface area (Å²) in [6, 6.07) is 5.70. The van der Waals surface area contributed by atoms with E-state index in [9.17, 15) is 9.50 Å². The van der Waals surface area contributed by atoms with Crippen molar-refractivity contribution in [1.82, 2.24) is 0 Å². The van der Waals surface area contributed by atoms with Crippen molar-refractivity contribution in [3.05, 3.63) is 29.6 Å². The maximum atomic E-state index is 14.3. The SMILES string of the molecule is CC(O)c1ccc(N2CCC3CCCCC32)c(F)c1. The van der Waals surface area contributed by atoms with Crippen LogP contribution in [0.5, 0.6) is 0 Å². The number of rotatable bonds is 2. The second-order valence-corrected chi connectivity index (χ2v) is 5.98. The second kappa shape index (κ2) is 5.12. The van der Waals surface area contributed by atoms with Crippen LogP contribution in [-0.2, 0) is 0 Å². The van der Waals surface area contributed by atoms with Crippen molar-refractivity contribution >= 4 is 5.69 Å². The molecule has 1 aromatic carbocycles. The number of anilines is 1. The van der Waals surface area contributed by atoms with Gasteiger partial charge in [-0.2, -0.15) is 0 Å². The molecule has 0 bridgehead atoms. The first-order valence-electron chi connectivity index (χ1n) is 7.41. The Labute approximate surface area is 114 Å². The molecule has 19 heavy (non-hydrogen) atoms. The summed E-state index contributed by atoms with van der Waals surface area (Å²) in [7, 11) is 0. The lowest BCUT2D eigenvalue weighted by Gasteiger charge is -2.33. The Balaban J connectivity index is 1.86. The molecule has 1 heterocycles.